The zero-order chi connectivity index (χ0) is 11.8. The largest absolute Gasteiger partial charge is 0.316 e. The number of piperazine rings is 1. The average Bonchev–Trinajstić information content (AvgIpc) is 2.29. The minimum atomic E-state index is 0.771. The van der Waals surface area contributed by atoms with E-state index >= 15 is 0 Å². The van der Waals surface area contributed by atoms with Crippen LogP contribution >= 0.6 is 0 Å². The summed E-state index contributed by atoms with van der Waals surface area (Å²) in [4.78, 5) is 5.14. The lowest BCUT2D eigenvalue weighted by atomic mass is 10.2. The van der Waals surface area contributed by atoms with Crippen LogP contribution < -0.4 is 5.32 Å². The molecule has 0 unspecified atom stereocenters. The molecule has 0 aromatic carbocycles. The van der Waals surface area contributed by atoms with Gasteiger partial charge in [0.05, 0.1) is 0 Å². The smallest absolute Gasteiger partial charge is 0.0110 e. The second-order valence-corrected chi connectivity index (χ2v) is 5.23. The maximum atomic E-state index is 3.51. The molecule has 1 saturated heterocycles. The van der Waals surface area contributed by atoms with Crippen molar-refractivity contribution in [2.75, 3.05) is 52.4 Å². The molecule has 0 aliphatic carbocycles. The zero-order valence-corrected chi connectivity index (χ0v) is 11.3. The summed E-state index contributed by atoms with van der Waals surface area (Å²) in [5.41, 5.74) is 0. The Morgan fingerprint density at radius 1 is 1.06 bits per heavy atom. The summed E-state index contributed by atoms with van der Waals surface area (Å²) in [5, 5.41) is 3.51. The Bertz CT molecular complexity index is 163. The van der Waals surface area contributed by atoms with Crippen molar-refractivity contribution in [2.24, 2.45) is 5.92 Å². The maximum absolute atomic E-state index is 3.51. The van der Waals surface area contributed by atoms with E-state index in [9.17, 15) is 0 Å². The molecule has 0 spiro atoms. The molecular formula is C13H29N3. The van der Waals surface area contributed by atoms with Gasteiger partial charge in [-0.15, -0.1) is 0 Å². The Kier molecular flexibility index (Phi) is 7.01. The molecule has 0 amide bonds. The zero-order valence-electron chi connectivity index (χ0n) is 11.3. The normalized spacial score (nSPS) is 19.5. The van der Waals surface area contributed by atoms with E-state index in [1.165, 1.54) is 52.2 Å². The summed E-state index contributed by atoms with van der Waals surface area (Å²) >= 11 is 0. The molecule has 0 bridgehead atoms. The standard InChI is InChI=1S/C13H29N3/c1-4-15-8-10-16(11-9-15)7-5-6-14-12-13(2)3/h13-14H,4-12H2,1-3H3. The van der Waals surface area contributed by atoms with E-state index in [1.807, 2.05) is 0 Å². The van der Waals surface area contributed by atoms with Crippen LogP contribution in [0.3, 0.4) is 0 Å². The number of likely N-dealkylation sites (N-methyl/N-ethyl adjacent to an activating group) is 1. The lowest BCUT2D eigenvalue weighted by Crippen LogP contribution is -2.46. The summed E-state index contributed by atoms with van der Waals surface area (Å²) in [6, 6.07) is 0. The van der Waals surface area contributed by atoms with Crippen LogP contribution in [0.1, 0.15) is 27.2 Å². The van der Waals surface area contributed by atoms with Crippen molar-refractivity contribution >= 4 is 0 Å². The van der Waals surface area contributed by atoms with Gasteiger partial charge in [0, 0.05) is 26.2 Å². The van der Waals surface area contributed by atoms with Crippen molar-refractivity contribution in [1.82, 2.24) is 15.1 Å². The molecule has 1 aliphatic rings. The molecule has 0 aromatic rings. The van der Waals surface area contributed by atoms with Gasteiger partial charge in [-0.25, -0.2) is 0 Å². The number of hydrogen-bond acceptors (Lipinski definition) is 3. The average molecular weight is 227 g/mol. The third kappa shape index (κ3) is 5.83. The molecule has 0 saturated carbocycles. The monoisotopic (exact) mass is 227 g/mol. The quantitative estimate of drug-likeness (QED) is 0.661. The highest BCUT2D eigenvalue weighted by atomic mass is 15.3. The van der Waals surface area contributed by atoms with Gasteiger partial charge in [-0.2, -0.15) is 0 Å². The topological polar surface area (TPSA) is 18.5 Å². The molecule has 3 heteroatoms. The lowest BCUT2D eigenvalue weighted by Gasteiger charge is -2.34. The highest BCUT2D eigenvalue weighted by molar-refractivity contribution is 4.70. The van der Waals surface area contributed by atoms with Crippen molar-refractivity contribution in [3.63, 3.8) is 0 Å². The fourth-order valence-corrected chi connectivity index (χ4v) is 2.15. The Balaban J connectivity index is 1.94. The van der Waals surface area contributed by atoms with Crippen molar-refractivity contribution in [1.29, 1.82) is 0 Å². The first kappa shape index (κ1) is 13.9. The van der Waals surface area contributed by atoms with Crippen LogP contribution in [-0.2, 0) is 0 Å². The van der Waals surface area contributed by atoms with Gasteiger partial charge in [0.25, 0.3) is 0 Å². The molecule has 1 rings (SSSR count). The third-order valence-corrected chi connectivity index (χ3v) is 3.29. The molecule has 3 nitrogen and oxygen atoms in total. The Labute approximate surface area is 101 Å². The highest BCUT2D eigenvalue weighted by Gasteiger charge is 2.14. The van der Waals surface area contributed by atoms with Crippen LogP contribution in [0.25, 0.3) is 0 Å². The van der Waals surface area contributed by atoms with Crippen molar-refractivity contribution in [3.05, 3.63) is 0 Å². The van der Waals surface area contributed by atoms with Gasteiger partial charge in [0.2, 0.25) is 0 Å². The predicted octanol–water partition coefficient (Wildman–Crippen LogP) is 1.26. The van der Waals surface area contributed by atoms with E-state index in [1.54, 1.807) is 0 Å². The number of nitrogens with zero attached hydrogens (tertiary/aromatic N) is 2. The first-order chi connectivity index (χ1) is 7.72. The summed E-state index contributed by atoms with van der Waals surface area (Å²) in [7, 11) is 0. The molecule has 1 N–H and O–H groups in total. The lowest BCUT2D eigenvalue weighted by molar-refractivity contribution is 0.136. The number of hydrogen-bond donors (Lipinski definition) is 1. The van der Waals surface area contributed by atoms with E-state index in [2.05, 4.69) is 35.9 Å². The molecule has 0 radical (unpaired) electrons. The van der Waals surface area contributed by atoms with Gasteiger partial charge in [-0.1, -0.05) is 20.8 Å². The summed E-state index contributed by atoms with van der Waals surface area (Å²) in [6.07, 6.45) is 1.29. The summed E-state index contributed by atoms with van der Waals surface area (Å²) < 4.78 is 0. The van der Waals surface area contributed by atoms with Crippen LogP contribution in [0, 0.1) is 5.92 Å². The highest BCUT2D eigenvalue weighted by Crippen LogP contribution is 2.01. The summed E-state index contributed by atoms with van der Waals surface area (Å²) in [6.45, 7) is 16.6. The fourth-order valence-electron chi connectivity index (χ4n) is 2.15. The van der Waals surface area contributed by atoms with E-state index in [0.29, 0.717) is 0 Å². The Morgan fingerprint density at radius 3 is 2.25 bits per heavy atom. The van der Waals surface area contributed by atoms with Crippen LogP contribution in [-0.4, -0.2) is 62.2 Å². The second kappa shape index (κ2) is 8.04. The third-order valence-electron chi connectivity index (χ3n) is 3.29. The van der Waals surface area contributed by atoms with Crippen LogP contribution in [0.5, 0.6) is 0 Å². The summed E-state index contributed by atoms with van der Waals surface area (Å²) in [5.74, 6) is 0.771. The Hall–Kier alpha value is -0.120. The maximum Gasteiger partial charge on any atom is 0.0110 e. The molecule has 16 heavy (non-hydrogen) atoms. The first-order valence-electron chi connectivity index (χ1n) is 6.87. The minimum absolute atomic E-state index is 0.771. The molecule has 96 valence electrons. The van der Waals surface area contributed by atoms with E-state index in [4.69, 9.17) is 0 Å². The van der Waals surface area contributed by atoms with Crippen LogP contribution in [0.4, 0.5) is 0 Å². The SMILES string of the molecule is CCN1CCN(CCCNCC(C)C)CC1. The molecule has 1 heterocycles. The fraction of sp³-hybridized carbons (Fsp3) is 1.00. The number of nitrogens with one attached hydrogen (secondary N) is 1. The number of rotatable bonds is 7. The molecule has 0 atom stereocenters. The predicted molar refractivity (Wildman–Crippen MR) is 70.9 cm³/mol. The van der Waals surface area contributed by atoms with Gasteiger partial charge in [0.15, 0.2) is 0 Å². The van der Waals surface area contributed by atoms with Gasteiger partial charge in [-0.05, 0) is 38.5 Å². The minimum Gasteiger partial charge on any atom is -0.316 e. The van der Waals surface area contributed by atoms with Gasteiger partial charge in [0.1, 0.15) is 0 Å². The van der Waals surface area contributed by atoms with Crippen molar-refractivity contribution in [3.8, 4) is 0 Å². The Morgan fingerprint density at radius 2 is 1.69 bits per heavy atom. The molecule has 1 fully saturated rings. The first-order valence-corrected chi connectivity index (χ1v) is 6.87. The van der Waals surface area contributed by atoms with Crippen LogP contribution in [0.15, 0.2) is 0 Å². The van der Waals surface area contributed by atoms with Gasteiger partial charge < -0.3 is 15.1 Å². The molecule has 0 aromatic heterocycles. The van der Waals surface area contributed by atoms with E-state index < -0.39 is 0 Å². The molecular weight excluding hydrogens is 198 g/mol. The van der Waals surface area contributed by atoms with Crippen molar-refractivity contribution < 1.29 is 0 Å². The second-order valence-electron chi connectivity index (χ2n) is 5.23. The van der Waals surface area contributed by atoms with Crippen molar-refractivity contribution in [2.45, 2.75) is 27.2 Å². The van der Waals surface area contributed by atoms with Gasteiger partial charge in [-0.3, -0.25) is 0 Å². The van der Waals surface area contributed by atoms with E-state index in [0.717, 1.165) is 12.5 Å². The van der Waals surface area contributed by atoms with Crippen LogP contribution in [0.2, 0.25) is 0 Å². The van der Waals surface area contributed by atoms with E-state index in [-0.39, 0.29) is 0 Å². The van der Waals surface area contributed by atoms with Gasteiger partial charge >= 0.3 is 0 Å². The molecule has 1 aliphatic heterocycles.